The molecule has 0 aliphatic heterocycles. The van der Waals surface area contributed by atoms with Crippen molar-refractivity contribution in [2.24, 2.45) is 0 Å². The maximum atomic E-state index is 11.3. The van der Waals surface area contributed by atoms with E-state index < -0.39 is 12.1 Å². The van der Waals surface area contributed by atoms with Gasteiger partial charge in [0, 0.05) is 23.7 Å². The third-order valence-electron chi connectivity index (χ3n) is 4.34. The molecular weight excluding hydrogens is 380 g/mol. The Morgan fingerprint density at radius 1 is 1.21 bits per heavy atom. The first-order chi connectivity index (χ1) is 13.5. The topological polar surface area (TPSA) is 85.9 Å². The quantitative estimate of drug-likeness (QED) is 0.487. The van der Waals surface area contributed by atoms with Gasteiger partial charge in [-0.25, -0.2) is 10.2 Å². The molecule has 0 bridgehead atoms. The maximum Gasteiger partial charge on any atom is 0.339 e. The number of nitrogens with one attached hydrogen (secondary N) is 1. The van der Waals surface area contributed by atoms with Crippen molar-refractivity contribution in [1.29, 1.82) is 0 Å². The van der Waals surface area contributed by atoms with E-state index in [1.165, 1.54) is 12.3 Å². The highest BCUT2D eigenvalue weighted by molar-refractivity contribution is 6.30. The molecular formula is C21H21ClN2O4. The molecule has 146 valence electrons. The van der Waals surface area contributed by atoms with Crippen molar-refractivity contribution >= 4 is 23.3 Å². The summed E-state index contributed by atoms with van der Waals surface area (Å²) in [6, 6.07) is 15.9. The number of hydrazine groups is 1. The molecule has 3 N–H and O–H groups in total. The summed E-state index contributed by atoms with van der Waals surface area (Å²) in [5.41, 5.74) is 5.54. The SMILES string of the molecule is CCN(NC[C@H](O)c1cccc(Cl)c1)c1cccc(-c2occc2C(=O)O)c1. The van der Waals surface area contributed by atoms with E-state index in [4.69, 9.17) is 16.0 Å². The van der Waals surface area contributed by atoms with E-state index in [1.807, 2.05) is 36.2 Å². The Morgan fingerprint density at radius 3 is 2.71 bits per heavy atom. The summed E-state index contributed by atoms with van der Waals surface area (Å²) in [5.74, 6) is -0.728. The van der Waals surface area contributed by atoms with Crippen molar-refractivity contribution in [3.8, 4) is 11.3 Å². The van der Waals surface area contributed by atoms with Crippen molar-refractivity contribution < 1.29 is 19.4 Å². The Labute approximate surface area is 167 Å². The molecule has 0 saturated carbocycles. The first-order valence-corrected chi connectivity index (χ1v) is 9.23. The zero-order valence-electron chi connectivity index (χ0n) is 15.3. The molecule has 0 unspecified atom stereocenters. The number of nitrogens with zero attached hydrogens (tertiary/aromatic N) is 1. The van der Waals surface area contributed by atoms with Gasteiger partial charge in [-0.1, -0.05) is 35.9 Å². The molecule has 0 spiro atoms. The van der Waals surface area contributed by atoms with Gasteiger partial charge in [0.2, 0.25) is 0 Å². The summed E-state index contributed by atoms with van der Waals surface area (Å²) in [4.78, 5) is 11.3. The lowest BCUT2D eigenvalue weighted by molar-refractivity contribution is 0.0697. The van der Waals surface area contributed by atoms with Crippen LogP contribution in [0, 0.1) is 0 Å². The molecule has 0 radical (unpaired) electrons. The molecule has 3 aromatic rings. The van der Waals surface area contributed by atoms with Crippen LogP contribution in [-0.2, 0) is 0 Å². The average molecular weight is 401 g/mol. The van der Waals surface area contributed by atoms with Gasteiger partial charge in [0.1, 0.15) is 11.3 Å². The van der Waals surface area contributed by atoms with Crippen molar-refractivity contribution in [3.63, 3.8) is 0 Å². The number of carboxylic acid groups (broad SMARTS) is 1. The second kappa shape index (κ2) is 8.93. The Kier molecular flexibility index (Phi) is 6.36. The van der Waals surface area contributed by atoms with Crippen LogP contribution in [0.15, 0.2) is 65.3 Å². The van der Waals surface area contributed by atoms with Gasteiger partial charge in [-0.2, -0.15) is 0 Å². The fourth-order valence-electron chi connectivity index (χ4n) is 2.93. The lowest BCUT2D eigenvalue weighted by Gasteiger charge is -2.26. The van der Waals surface area contributed by atoms with Gasteiger partial charge >= 0.3 is 5.97 Å². The summed E-state index contributed by atoms with van der Waals surface area (Å²) in [6.07, 6.45) is 0.641. The second-order valence-electron chi connectivity index (χ2n) is 6.20. The van der Waals surface area contributed by atoms with Crippen molar-refractivity contribution in [2.75, 3.05) is 18.1 Å². The van der Waals surface area contributed by atoms with E-state index in [0.29, 0.717) is 29.4 Å². The fraction of sp³-hybridized carbons (Fsp3) is 0.190. The van der Waals surface area contributed by atoms with Gasteiger partial charge in [0.15, 0.2) is 0 Å². The Hall–Kier alpha value is -2.80. The molecule has 0 amide bonds. The standard InChI is InChI=1S/C21H21ClN2O4/c1-2-24(23-13-19(25)14-5-3-7-16(22)11-14)17-8-4-6-15(12-17)20-18(21(26)27)9-10-28-20/h3-12,19,23,25H,2,13H2,1H3,(H,26,27)/t19-/m0/s1. The van der Waals surface area contributed by atoms with Crippen molar-refractivity contribution in [1.82, 2.24) is 5.43 Å². The predicted molar refractivity (Wildman–Crippen MR) is 109 cm³/mol. The van der Waals surface area contributed by atoms with Gasteiger partial charge in [-0.3, -0.25) is 0 Å². The van der Waals surface area contributed by atoms with Crippen LogP contribution in [0.3, 0.4) is 0 Å². The fourth-order valence-corrected chi connectivity index (χ4v) is 3.13. The summed E-state index contributed by atoms with van der Waals surface area (Å²) < 4.78 is 5.38. The number of furan rings is 1. The summed E-state index contributed by atoms with van der Waals surface area (Å²) in [6.45, 7) is 2.90. The molecule has 1 heterocycles. The van der Waals surface area contributed by atoms with Crippen LogP contribution in [-0.4, -0.2) is 29.3 Å². The molecule has 1 atom stereocenters. The zero-order chi connectivity index (χ0) is 20.1. The molecule has 7 heteroatoms. The van der Waals surface area contributed by atoms with Crippen LogP contribution >= 0.6 is 11.6 Å². The Bertz CT molecular complexity index is 957. The van der Waals surface area contributed by atoms with E-state index >= 15 is 0 Å². The molecule has 0 saturated heterocycles. The number of hydrogen-bond acceptors (Lipinski definition) is 5. The number of benzene rings is 2. The molecule has 28 heavy (non-hydrogen) atoms. The maximum absolute atomic E-state index is 11.3. The molecule has 2 aromatic carbocycles. The first-order valence-electron chi connectivity index (χ1n) is 8.85. The van der Waals surface area contributed by atoms with E-state index in [1.54, 1.807) is 24.3 Å². The zero-order valence-corrected chi connectivity index (χ0v) is 16.1. The van der Waals surface area contributed by atoms with Crippen LogP contribution < -0.4 is 10.4 Å². The minimum absolute atomic E-state index is 0.115. The predicted octanol–water partition coefficient (Wildman–Crippen LogP) is 4.36. The van der Waals surface area contributed by atoms with Crippen LogP contribution in [0.2, 0.25) is 5.02 Å². The average Bonchev–Trinajstić information content (AvgIpc) is 3.19. The molecule has 0 aliphatic rings. The van der Waals surface area contributed by atoms with Crippen LogP contribution in [0.5, 0.6) is 0 Å². The van der Waals surface area contributed by atoms with Crippen LogP contribution in [0.1, 0.15) is 28.9 Å². The lowest BCUT2D eigenvalue weighted by atomic mass is 10.1. The minimum Gasteiger partial charge on any atom is -0.478 e. The number of carboxylic acids is 1. The Balaban J connectivity index is 1.76. The molecule has 1 aromatic heterocycles. The minimum atomic E-state index is -1.04. The van der Waals surface area contributed by atoms with E-state index in [9.17, 15) is 15.0 Å². The third-order valence-corrected chi connectivity index (χ3v) is 4.58. The Morgan fingerprint density at radius 2 is 2.00 bits per heavy atom. The van der Waals surface area contributed by atoms with Crippen molar-refractivity contribution in [2.45, 2.75) is 13.0 Å². The monoisotopic (exact) mass is 400 g/mol. The largest absolute Gasteiger partial charge is 0.478 e. The highest BCUT2D eigenvalue weighted by atomic mass is 35.5. The normalized spacial score (nSPS) is 12.0. The number of aromatic carboxylic acids is 1. The number of aliphatic hydroxyl groups is 1. The van der Waals surface area contributed by atoms with Crippen molar-refractivity contribution in [3.05, 3.63) is 77.0 Å². The van der Waals surface area contributed by atoms with Gasteiger partial charge in [-0.05, 0) is 42.8 Å². The van der Waals surface area contributed by atoms with E-state index in [2.05, 4.69) is 5.43 Å². The van der Waals surface area contributed by atoms with Gasteiger partial charge in [-0.15, -0.1) is 0 Å². The summed E-state index contributed by atoms with van der Waals surface area (Å²) in [5, 5.41) is 22.2. The number of carbonyl (C=O) groups is 1. The number of hydrogen-bond donors (Lipinski definition) is 3. The highest BCUT2D eigenvalue weighted by Crippen LogP contribution is 2.28. The molecule has 0 aliphatic carbocycles. The van der Waals surface area contributed by atoms with Crippen LogP contribution in [0.25, 0.3) is 11.3 Å². The number of aliphatic hydroxyl groups excluding tert-OH is 1. The van der Waals surface area contributed by atoms with Gasteiger partial charge in [0.05, 0.1) is 18.1 Å². The van der Waals surface area contributed by atoms with E-state index in [0.717, 1.165) is 11.3 Å². The molecule has 0 fully saturated rings. The summed E-state index contributed by atoms with van der Waals surface area (Å²) in [7, 11) is 0. The number of anilines is 1. The second-order valence-corrected chi connectivity index (χ2v) is 6.63. The smallest absolute Gasteiger partial charge is 0.339 e. The van der Waals surface area contributed by atoms with Gasteiger partial charge in [0.25, 0.3) is 0 Å². The highest BCUT2D eigenvalue weighted by Gasteiger charge is 2.17. The summed E-state index contributed by atoms with van der Waals surface area (Å²) >= 11 is 5.98. The first kappa shape index (κ1) is 19.9. The molecule has 6 nitrogen and oxygen atoms in total. The van der Waals surface area contributed by atoms with E-state index in [-0.39, 0.29) is 5.56 Å². The number of rotatable bonds is 8. The molecule has 3 rings (SSSR count). The number of halogens is 1. The third kappa shape index (κ3) is 4.54. The lowest BCUT2D eigenvalue weighted by Crippen LogP contribution is -2.40. The van der Waals surface area contributed by atoms with Gasteiger partial charge < -0.3 is 19.6 Å². The van der Waals surface area contributed by atoms with Crippen LogP contribution in [0.4, 0.5) is 5.69 Å².